The van der Waals surface area contributed by atoms with Gasteiger partial charge in [0.05, 0.1) is 26.0 Å². The summed E-state index contributed by atoms with van der Waals surface area (Å²) in [5, 5.41) is 2.83. The summed E-state index contributed by atoms with van der Waals surface area (Å²) >= 11 is 0. The number of anilines is 1. The number of ether oxygens (including phenoxy) is 3. The molecule has 0 unspecified atom stereocenters. The summed E-state index contributed by atoms with van der Waals surface area (Å²) in [4.78, 5) is 13.9. The van der Waals surface area contributed by atoms with Crippen molar-refractivity contribution in [1.82, 2.24) is 4.90 Å². The summed E-state index contributed by atoms with van der Waals surface area (Å²) < 4.78 is 15.2. The largest absolute Gasteiger partial charge is 0.495 e. The number of benzene rings is 1. The fourth-order valence-corrected chi connectivity index (χ4v) is 1.66. The van der Waals surface area contributed by atoms with Crippen LogP contribution in [0.5, 0.6) is 5.75 Å². The molecule has 0 fully saturated rings. The van der Waals surface area contributed by atoms with Crippen LogP contribution >= 0.6 is 0 Å². The van der Waals surface area contributed by atoms with Crippen molar-refractivity contribution in [2.24, 2.45) is 0 Å². The predicted octanol–water partition coefficient (Wildman–Crippen LogP) is 1.82. The molecule has 0 aliphatic carbocycles. The van der Waals surface area contributed by atoms with Gasteiger partial charge in [-0.1, -0.05) is 12.1 Å². The number of urea groups is 1. The Morgan fingerprint density at radius 1 is 1.10 bits per heavy atom. The maximum absolute atomic E-state index is 12.2. The normalized spacial score (nSPS) is 10.2. The Hall–Kier alpha value is -1.79. The van der Waals surface area contributed by atoms with Crippen molar-refractivity contribution >= 4 is 11.7 Å². The van der Waals surface area contributed by atoms with Crippen LogP contribution in [0.2, 0.25) is 0 Å². The smallest absolute Gasteiger partial charge is 0.322 e. The van der Waals surface area contributed by atoms with Gasteiger partial charge in [-0.25, -0.2) is 4.79 Å². The molecular formula is C14H22N2O4. The molecule has 0 radical (unpaired) electrons. The second kappa shape index (κ2) is 9.17. The highest BCUT2D eigenvalue weighted by Gasteiger charge is 2.14. The van der Waals surface area contributed by atoms with E-state index < -0.39 is 0 Å². The number of nitrogens with zero attached hydrogens (tertiary/aromatic N) is 1. The number of rotatable bonds is 8. The third kappa shape index (κ3) is 5.07. The van der Waals surface area contributed by atoms with E-state index in [0.29, 0.717) is 37.7 Å². The van der Waals surface area contributed by atoms with Crippen molar-refractivity contribution < 1.29 is 19.0 Å². The highest BCUT2D eigenvalue weighted by Crippen LogP contribution is 2.23. The topological polar surface area (TPSA) is 60.0 Å². The van der Waals surface area contributed by atoms with Crippen molar-refractivity contribution in [3.63, 3.8) is 0 Å². The predicted molar refractivity (Wildman–Crippen MR) is 77.3 cm³/mol. The minimum atomic E-state index is -0.205. The lowest BCUT2D eigenvalue weighted by atomic mass is 10.3. The molecule has 0 saturated heterocycles. The molecule has 1 rings (SSSR count). The van der Waals surface area contributed by atoms with Crippen molar-refractivity contribution in [3.05, 3.63) is 24.3 Å². The van der Waals surface area contributed by atoms with Gasteiger partial charge in [-0.15, -0.1) is 0 Å². The van der Waals surface area contributed by atoms with Gasteiger partial charge in [0.25, 0.3) is 0 Å². The summed E-state index contributed by atoms with van der Waals surface area (Å²) in [7, 11) is 4.78. The zero-order valence-electron chi connectivity index (χ0n) is 12.2. The molecule has 2 amide bonds. The van der Waals surface area contributed by atoms with Crippen LogP contribution in [0.25, 0.3) is 0 Å². The third-order valence-electron chi connectivity index (χ3n) is 2.77. The van der Waals surface area contributed by atoms with Gasteiger partial charge >= 0.3 is 6.03 Å². The van der Waals surface area contributed by atoms with Crippen LogP contribution in [0.1, 0.15) is 0 Å². The SMILES string of the molecule is COCCN(CCOC)C(=O)Nc1ccccc1OC. The quantitative estimate of drug-likeness (QED) is 0.790. The van der Waals surface area contributed by atoms with Crippen LogP contribution in [-0.4, -0.2) is 58.6 Å². The van der Waals surface area contributed by atoms with E-state index >= 15 is 0 Å². The van der Waals surface area contributed by atoms with E-state index in [9.17, 15) is 4.79 Å². The van der Waals surface area contributed by atoms with Crippen LogP contribution in [-0.2, 0) is 9.47 Å². The van der Waals surface area contributed by atoms with Gasteiger partial charge in [0, 0.05) is 27.3 Å². The van der Waals surface area contributed by atoms with E-state index in [2.05, 4.69) is 5.32 Å². The Balaban J connectivity index is 2.68. The monoisotopic (exact) mass is 282 g/mol. The lowest BCUT2D eigenvalue weighted by molar-refractivity contribution is 0.127. The lowest BCUT2D eigenvalue weighted by Gasteiger charge is -2.23. The highest BCUT2D eigenvalue weighted by atomic mass is 16.5. The van der Waals surface area contributed by atoms with Crippen LogP contribution in [0.15, 0.2) is 24.3 Å². The molecule has 112 valence electrons. The van der Waals surface area contributed by atoms with Gasteiger partial charge in [-0.2, -0.15) is 0 Å². The minimum Gasteiger partial charge on any atom is -0.495 e. The van der Waals surface area contributed by atoms with Crippen molar-refractivity contribution in [2.75, 3.05) is 52.9 Å². The summed E-state index contributed by atoms with van der Waals surface area (Å²) in [5.41, 5.74) is 0.639. The van der Waals surface area contributed by atoms with Crippen molar-refractivity contribution in [3.8, 4) is 5.75 Å². The number of amides is 2. The molecule has 20 heavy (non-hydrogen) atoms. The molecule has 0 atom stereocenters. The third-order valence-corrected chi connectivity index (χ3v) is 2.77. The molecule has 0 saturated carbocycles. The Morgan fingerprint density at radius 3 is 2.25 bits per heavy atom. The van der Waals surface area contributed by atoms with Gasteiger partial charge in [0.15, 0.2) is 0 Å². The summed E-state index contributed by atoms with van der Waals surface area (Å²) in [6, 6.07) is 7.07. The molecule has 1 aromatic carbocycles. The minimum absolute atomic E-state index is 0.205. The Kier molecular flexibility index (Phi) is 7.46. The van der Waals surface area contributed by atoms with Gasteiger partial charge in [0.1, 0.15) is 5.75 Å². The number of para-hydroxylation sites is 2. The average Bonchev–Trinajstić information content (AvgIpc) is 2.47. The van der Waals surface area contributed by atoms with Gasteiger partial charge in [-0.3, -0.25) is 0 Å². The molecule has 0 aliphatic heterocycles. The molecular weight excluding hydrogens is 260 g/mol. The van der Waals surface area contributed by atoms with Gasteiger partial charge in [0.2, 0.25) is 0 Å². The molecule has 0 spiro atoms. The highest BCUT2D eigenvalue weighted by molar-refractivity contribution is 5.91. The number of hydrogen-bond donors (Lipinski definition) is 1. The molecule has 1 aromatic rings. The van der Waals surface area contributed by atoms with Gasteiger partial charge < -0.3 is 24.4 Å². The van der Waals surface area contributed by atoms with Crippen LogP contribution in [0, 0.1) is 0 Å². The molecule has 0 aromatic heterocycles. The second-order valence-electron chi connectivity index (χ2n) is 4.10. The maximum atomic E-state index is 12.2. The van der Waals surface area contributed by atoms with Crippen LogP contribution in [0.4, 0.5) is 10.5 Å². The second-order valence-corrected chi connectivity index (χ2v) is 4.10. The van der Waals surface area contributed by atoms with E-state index in [-0.39, 0.29) is 6.03 Å². The molecule has 1 N–H and O–H groups in total. The first kappa shape index (κ1) is 16.3. The van der Waals surface area contributed by atoms with E-state index in [4.69, 9.17) is 14.2 Å². The van der Waals surface area contributed by atoms with Crippen molar-refractivity contribution in [1.29, 1.82) is 0 Å². The summed E-state index contributed by atoms with van der Waals surface area (Å²) in [6.45, 7) is 1.95. The lowest BCUT2D eigenvalue weighted by Crippen LogP contribution is -2.39. The fraction of sp³-hybridized carbons (Fsp3) is 0.500. The zero-order chi connectivity index (χ0) is 14.8. The molecule has 0 aliphatic rings. The van der Waals surface area contributed by atoms with E-state index in [1.54, 1.807) is 38.4 Å². The van der Waals surface area contributed by atoms with Gasteiger partial charge in [-0.05, 0) is 12.1 Å². The zero-order valence-corrected chi connectivity index (χ0v) is 12.2. The summed E-state index contributed by atoms with van der Waals surface area (Å²) in [5.74, 6) is 0.624. The first-order valence-corrected chi connectivity index (χ1v) is 6.39. The fourth-order valence-electron chi connectivity index (χ4n) is 1.66. The van der Waals surface area contributed by atoms with Crippen molar-refractivity contribution in [2.45, 2.75) is 0 Å². The first-order valence-electron chi connectivity index (χ1n) is 6.39. The number of carbonyl (C=O) groups is 1. The number of carbonyl (C=O) groups excluding carboxylic acids is 1. The molecule has 6 heteroatoms. The maximum Gasteiger partial charge on any atom is 0.322 e. The van der Waals surface area contributed by atoms with Crippen LogP contribution < -0.4 is 10.1 Å². The number of nitrogens with one attached hydrogen (secondary N) is 1. The molecule has 0 bridgehead atoms. The average molecular weight is 282 g/mol. The summed E-state index contributed by atoms with van der Waals surface area (Å²) in [6.07, 6.45) is 0. The first-order chi connectivity index (χ1) is 9.72. The number of hydrogen-bond acceptors (Lipinski definition) is 4. The Bertz CT molecular complexity index is 404. The molecule has 0 heterocycles. The standard InChI is InChI=1S/C14H22N2O4/c1-18-10-8-16(9-11-19-2)14(17)15-12-6-4-5-7-13(12)20-3/h4-7H,8-11H2,1-3H3,(H,15,17). The molecule has 6 nitrogen and oxygen atoms in total. The Morgan fingerprint density at radius 2 is 1.70 bits per heavy atom. The Labute approximate surface area is 119 Å². The van der Waals surface area contributed by atoms with E-state index in [1.807, 2.05) is 12.1 Å². The number of methoxy groups -OCH3 is 3. The van der Waals surface area contributed by atoms with E-state index in [1.165, 1.54) is 0 Å². The van der Waals surface area contributed by atoms with Crippen LogP contribution in [0.3, 0.4) is 0 Å². The van der Waals surface area contributed by atoms with E-state index in [0.717, 1.165) is 0 Å².